The molecule has 4 nitrogen and oxygen atoms in total. The highest BCUT2D eigenvalue weighted by atomic mass is 32.2. The van der Waals surface area contributed by atoms with E-state index in [9.17, 15) is 0 Å². The summed E-state index contributed by atoms with van der Waals surface area (Å²) >= 11 is 2.09. The lowest BCUT2D eigenvalue weighted by atomic mass is 10.2. The minimum atomic E-state index is 0.635. The van der Waals surface area contributed by atoms with Crippen LogP contribution in [0.4, 0.5) is 0 Å². The number of thioether (sulfide) groups is 1. The van der Waals surface area contributed by atoms with E-state index in [2.05, 4.69) is 34.2 Å². The zero-order valence-corrected chi connectivity index (χ0v) is 13.2. The Balaban J connectivity index is 1.52. The van der Waals surface area contributed by atoms with E-state index in [0.29, 0.717) is 6.04 Å². The topological polar surface area (TPSA) is 42.7 Å². The molecule has 0 saturated heterocycles. The number of nitrogens with one attached hydrogen (secondary N) is 1. The van der Waals surface area contributed by atoms with Gasteiger partial charge in [-0.3, -0.25) is 0 Å². The second-order valence-electron chi connectivity index (χ2n) is 5.43. The van der Waals surface area contributed by atoms with Gasteiger partial charge in [0.2, 0.25) is 0 Å². The third kappa shape index (κ3) is 3.86. The standard InChI is InChI=1S/C16H22N4S/c1-2-21-16-9-8-13(10-16)17-11-14-12-18-20(19-14)15-6-4-3-5-7-15/h3-7,12-13,16-17H,2,8-11H2,1H3. The maximum Gasteiger partial charge on any atom is 0.0969 e. The average Bonchev–Trinajstić information content (AvgIpc) is 3.16. The lowest BCUT2D eigenvalue weighted by Crippen LogP contribution is -2.26. The molecule has 1 saturated carbocycles. The van der Waals surface area contributed by atoms with Crippen LogP contribution in [0.25, 0.3) is 5.69 Å². The third-order valence-corrected chi connectivity index (χ3v) is 5.12. The number of nitrogens with zero attached hydrogens (tertiary/aromatic N) is 3. The van der Waals surface area contributed by atoms with Crippen LogP contribution in [0.1, 0.15) is 31.9 Å². The van der Waals surface area contributed by atoms with Crippen LogP contribution < -0.4 is 5.32 Å². The van der Waals surface area contributed by atoms with Crippen LogP contribution in [0.15, 0.2) is 36.5 Å². The van der Waals surface area contributed by atoms with E-state index < -0.39 is 0 Å². The molecular formula is C16H22N4S. The number of benzene rings is 1. The first-order valence-electron chi connectivity index (χ1n) is 7.67. The van der Waals surface area contributed by atoms with E-state index in [0.717, 1.165) is 23.2 Å². The van der Waals surface area contributed by atoms with Gasteiger partial charge in [0.1, 0.15) is 0 Å². The molecule has 112 valence electrons. The minimum Gasteiger partial charge on any atom is -0.308 e. The van der Waals surface area contributed by atoms with Crippen LogP contribution in [0.3, 0.4) is 0 Å². The summed E-state index contributed by atoms with van der Waals surface area (Å²) in [6.45, 7) is 3.05. The molecule has 0 amide bonds. The fraction of sp³-hybridized carbons (Fsp3) is 0.500. The van der Waals surface area contributed by atoms with Crippen molar-refractivity contribution >= 4 is 11.8 Å². The van der Waals surface area contributed by atoms with Crippen molar-refractivity contribution in [3.8, 4) is 5.69 Å². The molecule has 1 aromatic carbocycles. The van der Waals surface area contributed by atoms with Gasteiger partial charge in [-0.05, 0) is 37.1 Å². The van der Waals surface area contributed by atoms with Gasteiger partial charge in [-0.15, -0.1) is 0 Å². The molecule has 0 aliphatic heterocycles. The van der Waals surface area contributed by atoms with Gasteiger partial charge in [-0.25, -0.2) is 0 Å². The van der Waals surface area contributed by atoms with Crippen LogP contribution in [-0.2, 0) is 6.54 Å². The SMILES string of the molecule is CCSC1CCC(NCc2cnn(-c3ccccc3)n2)C1. The van der Waals surface area contributed by atoms with Crippen LogP contribution >= 0.6 is 11.8 Å². The van der Waals surface area contributed by atoms with E-state index in [-0.39, 0.29) is 0 Å². The molecule has 2 unspecified atom stereocenters. The molecule has 1 N–H and O–H groups in total. The smallest absolute Gasteiger partial charge is 0.0969 e. The molecule has 0 bridgehead atoms. The van der Waals surface area contributed by atoms with Crippen LogP contribution in [0.2, 0.25) is 0 Å². The molecule has 1 fully saturated rings. The fourth-order valence-corrected chi connectivity index (χ4v) is 3.97. The molecule has 1 heterocycles. The molecule has 21 heavy (non-hydrogen) atoms. The molecule has 3 rings (SSSR count). The molecule has 1 aliphatic rings. The van der Waals surface area contributed by atoms with Crippen molar-refractivity contribution in [1.29, 1.82) is 0 Å². The summed E-state index contributed by atoms with van der Waals surface area (Å²) in [6.07, 6.45) is 5.76. The molecule has 1 aromatic heterocycles. The summed E-state index contributed by atoms with van der Waals surface area (Å²) in [6, 6.07) is 10.7. The second-order valence-corrected chi connectivity index (χ2v) is 7.01. The second kappa shape index (κ2) is 7.09. The van der Waals surface area contributed by atoms with Gasteiger partial charge < -0.3 is 5.32 Å². The summed E-state index contributed by atoms with van der Waals surface area (Å²) in [7, 11) is 0. The number of aromatic nitrogens is 3. The normalized spacial score (nSPS) is 21.8. The van der Waals surface area contributed by atoms with E-state index >= 15 is 0 Å². The average molecular weight is 302 g/mol. The Morgan fingerprint density at radius 1 is 1.29 bits per heavy atom. The van der Waals surface area contributed by atoms with Crippen molar-refractivity contribution in [1.82, 2.24) is 20.3 Å². The van der Waals surface area contributed by atoms with Gasteiger partial charge in [0, 0.05) is 17.8 Å². The zero-order chi connectivity index (χ0) is 14.5. The van der Waals surface area contributed by atoms with Crippen molar-refractivity contribution in [2.24, 2.45) is 0 Å². The summed E-state index contributed by atoms with van der Waals surface area (Å²) in [5.74, 6) is 1.22. The largest absolute Gasteiger partial charge is 0.308 e. The monoisotopic (exact) mass is 302 g/mol. The Morgan fingerprint density at radius 2 is 2.14 bits per heavy atom. The first-order valence-corrected chi connectivity index (χ1v) is 8.71. The number of hydrogen-bond acceptors (Lipinski definition) is 4. The van der Waals surface area contributed by atoms with Crippen molar-refractivity contribution in [3.05, 3.63) is 42.2 Å². The van der Waals surface area contributed by atoms with Gasteiger partial charge in [0.25, 0.3) is 0 Å². The Kier molecular flexibility index (Phi) is 4.93. The molecule has 2 aromatic rings. The Labute approximate surface area is 130 Å². The van der Waals surface area contributed by atoms with Gasteiger partial charge in [0.05, 0.1) is 17.6 Å². The summed E-state index contributed by atoms with van der Waals surface area (Å²) in [5.41, 5.74) is 2.01. The number of hydrogen-bond donors (Lipinski definition) is 1. The highest BCUT2D eigenvalue weighted by Gasteiger charge is 2.24. The summed E-state index contributed by atoms with van der Waals surface area (Å²) < 4.78 is 0. The van der Waals surface area contributed by atoms with Crippen molar-refractivity contribution in [2.45, 2.75) is 44.0 Å². The molecule has 5 heteroatoms. The maximum atomic E-state index is 4.53. The van der Waals surface area contributed by atoms with Gasteiger partial charge in [-0.1, -0.05) is 25.1 Å². The molecule has 2 atom stereocenters. The highest BCUT2D eigenvalue weighted by molar-refractivity contribution is 7.99. The van der Waals surface area contributed by atoms with Crippen molar-refractivity contribution < 1.29 is 0 Å². The Hall–Kier alpha value is -1.33. The molecular weight excluding hydrogens is 280 g/mol. The van der Waals surface area contributed by atoms with Gasteiger partial charge in [0.15, 0.2) is 0 Å². The maximum absolute atomic E-state index is 4.53. The number of rotatable bonds is 6. The quantitative estimate of drug-likeness (QED) is 0.890. The molecule has 0 spiro atoms. The Bertz CT molecular complexity index is 554. The van der Waals surface area contributed by atoms with E-state index in [1.807, 2.05) is 36.5 Å². The predicted octanol–water partition coefficient (Wildman–Crippen LogP) is 3.03. The van der Waals surface area contributed by atoms with E-state index in [4.69, 9.17) is 0 Å². The fourth-order valence-electron chi connectivity index (χ4n) is 2.82. The lowest BCUT2D eigenvalue weighted by Gasteiger charge is -2.11. The zero-order valence-electron chi connectivity index (χ0n) is 12.4. The van der Waals surface area contributed by atoms with Crippen molar-refractivity contribution in [2.75, 3.05) is 5.75 Å². The van der Waals surface area contributed by atoms with Gasteiger partial charge >= 0.3 is 0 Å². The minimum absolute atomic E-state index is 0.635. The first kappa shape index (κ1) is 14.6. The Morgan fingerprint density at radius 3 is 2.95 bits per heavy atom. The van der Waals surface area contributed by atoms with Crippen LogP contribution in [0, 0.1) is 0 Å². The van der Waals surface area contributed by atoms with Crippen LogP contribution in [0.5, 0.6) is 0 Å². The molecule has 0 radical (unpaired) electrons. The number of para-hydroxylation sites is 1. The summed E-state index contributed by atoms with van der Waals surface area (Å²) in [4.78, 5) is 1.70. The third-order valence-electron chi connectivity index (χ3n) is 3.89. The van der Waals surface area contributed by atoms with E-state index in [1.165, 1.54) is 25.0 Å². The van der Waals surface area contributed by atoms with Crippen LogP contribution in [-0.4, -0.2) is 32.0 Å². The summed E-state index contributed by atoms with van der Waals surface area (Å²) in [5, 5.41) is 13.3. The predicted molar refractivity (Wildman–Crippen MR) is 87.8 cm³/mol. The molecule has 1 aliphatic carbocycles. The van der Waals surface area contributed by atoms with E-state index in [1.54, 1.807) is 4.80 Å². The van der Waals surface area contributed by atoms with Crippen molar-refractivity contribution in [3.63, 3.8) is 0 Å². The first-order chi connectivity index (χ1) is 10.3. The highest BCUT2D eigenvalue weighted by Crippen LogP contribution is 2.29. The lowest BCUT2D eigenvalue weighted by molar-refractivity contribution is 0.518. The van der Waals surface area contributed by atoms with Gasteiger partial charge in [-0.2, -0.15) is 26.8 Å².